The minimum atomic E-state index is -0.263. The van der Waals surface area contributed by atoms with E-state index in [1.165, 1.54) is 0 Å². The van der Waals surface area contributed by atoms with Crippen LogP contribution in [0.3, 0.4) is 0 Å². The Labute approximate surface area is 150 Å². The summed E-state index contributed by atoms with van der Waals surface area (Å²) in [7, 11) is 1.55. The van der Waals surface area contributed by atoms with Crippen molar-refractivity contribution in [2.75, 3.05) is 13.7 Å². The number of carbonyl (C=O) groups is 1. The third kappa shape index (κ3) is 3.53. The van der Waals surface area contributed by atoms with Gasteiger partial charge in [0.25, 0.3) is 5.91 Å². The van der Waals surface area contributed by atoms with E-state index in [0.717, 1.165) is 16.5 Å². The molecule has 0 atom stereocenters. The van der Waals surface area contributed by atoms with Gasteiger partial charge in [0.2, 0.25) is 0 Å². The average molecular weight is 360 g/mol. The van der Waals surface area contributed by atoms with Crippen LogP contribution in [0.5, 0.6) is 11.5 Å². The summed E-state index contributed by atoms with van der Waals surface area (Å²) in [6.45, 7) is 2.65. The number of hydrogen-bond acceptors (Lipinski definition) is 4. The van der Waals surface area contributed by atoms with E-state index in [2.05, 4.69) is 15.5 Å². The molecule has 1 aromatic heterocycles. The Morgan fingerprint density at radius 3 is 2.88 bits per heavy atom. The Morgan fingerprint density at radius 2 is 2.12 bits per heavy atom. The number of nitrogens with zero attached hydrogens (tertiary/aromatic N) is 1. The topological polar surface area (TPSA) is 76.2 Å². The number of para-hydroxylation sites is 1. The molecule has 0 bridgehead atoms. The molecule has 6 nitrogen and oxygen atoms in total. The number of ether oxygens (including phenoxy) is 2. The number of halogens is 1. The molecule has 0 radical (unpaired) electrons. The number of carbonyl (C=O) groups excluding carboxylic acids is 1. The summed E-state index contributed by atoms with van der Waals surface area (Å²) in [6, 6.07) is 11.0. The van der Waals surface area contributed by atoms with Crippen LogP contribution in [0.15, 0.2) is 36.4 Å². The lowest BCUT2D eigenvalue weighted by Gasteiger charge is -2.13. The maximum absolute atomic E-state index is 12.4. The van der Waals surface area contributed by atoms with E-state index in [0.29, 0.717) is 35.4 Å². The van der Waals surface area contributed by atoms with Gasteiger partial charge in [0, 0.05) is 11.9 Å². The first-order valence-corrected chi connectivity index (χ1v) is 8.22. The summed E-state index contributed by atoms with van der Waals surface area (Å²) >= 11 is 6.25. The molecule has 3 rings (SSSR count). The first-order chi connectivity index (χ1) is 12.1. The number of aromatic nitrogens is 2. The van der Waals surface area contributed by atoms with E-state index in [9.17, 15) is 4.79 Å². The van der Waals surface area contributed by atoms with Gasteiger partial charge >= 0.3 is 0 Å². The normalized spacial score (nSPS) is 10.7. The minimum absolute atomic E-state index is 0.263. The van der Waals surface area contributed by atoms with Crippen molar-refractivity contribution >= 4 is 28.4 Å². The molecule has 0 fully saturated rings. The zero-order valence-corrected chi connectivity index (χ0v) is 14.7. The minimum Gasteiger partial charge on any atom is -0.493 e. The number of fused-ring (bicyclic) bond motifs is 1. The lowest BCUT2D eigenvalue weighted by Crippen LogP contribution is -2.23. The van der Waals surface area contributed by atoms with Gasteiger partial charge in [0.05, 0.1) is 24.3 Å². The second-order valence-corrected chi connectivity index (χ2v) is 5.75. The number of hydrogen-bond donors (Lipinski definition) is 2. The van der Waals surface area contributed by atoms with E-state index in [-0.39, 0.29) is 5.91 Å². The largest absolute Gasteiger partial charge is 0.493 e. The van der Waals surface area contributed by atoms with E-state index in [4.69, 9.17) is 21.1 Å². The van der Waals surface area contributed by atoms with Crippen LogP contribution in [0.2, 0.25) is 5.02 Å². The molecule has 0 aliphatic heterocycles. The molecule has 1 heterocycles. The Balaban J connectivity index is 1.77. The second kappa shape index (κ2) is 7.44. The van der Waals surface area contributed by atoms with Crippen molar-refractivity contribution in [1.29, 1.82) is 0 Å². The van der Waals surface area contributed by atoms with Gasteiger partial charge in [-0.1, -0.05) is 29.8 Å². The van der Waals surface area contributed by atoms with Crippen LogP contribution in [0.4, 0.5) is 0 Å². The first-order valence-electron chi connectivity index (χ1n) is 7.84. The highest BCUT2D eigenvalue weighted by atomic mass is 35.5. The predicted molar refractivity (Wildman–Crippen MR) is 96.4 cm³/mol. The van der Waals surface area contributed by atoms with Crippen molar-refractivity contribution in [3.8, 4) is 11.5 Å². The molecule has 2 aromatic carbocycles. The van der Waals surface area contributed by atoms with Crippen LogP contribution < -0.4 is 14.8 Å². The van der Waals surface area contributed by atoms with E-state index >= 15 is 0 Å². The molecule has 25 heavy (non-hydrogen) atoms. The molecule has 0 saturated heterocycles. The molecular formula is C18H18ClN3O3. The van der Waals surface area contributed by atoms with Crippen LogP contribution in [-0.4, -0.2) is 29.8 Å². The number of aromatic amines is 1. The highest BCUT2D eigenvalue weighted by Crippen LogP contribution is 2.36. The summed E-state index contributed by atoms with van der Waals surface area (Å²) in [4.78, 5) is 12.4. The lowest BCUT2D eigenvalue weighted by molar-refractivity contribution is 0.0947. The van der Waals surface area contributed by atoms with Crippen LogP contribution in [0.1, 0.15) is 23.0 Å². The van der Waals surface area contributed by atoms with Crippen molar-refractivity contribution in [2.24, 2.45) is 0 Å². The van der Waals surface area contributed by atoms with Crippen LogP contribution >= 0.6 is 11.6 Å². The molecule has 1 amide bonds. The standard InChI is InChI=1S/C18H18ClN3O3/c1-3-25-17-13(19)8-11(9-15(17)24-2)10-20-18(23)16-12-6-4-5-7-14(12)21-22-16/h4-9H,3,10H2,1-2H3,(H,20,23)(H,21,22). The quantitative estimate of drug-likeness (QED) is 0.705. The maximum Gasteiger partial charge on any atom is 0.272 e. The molecule has 0 aliphatic rings. The van der Waals surface area contributed by atoms with Gasteiger partial charge in [-0.25, -0.2) is 0 Å². The van der Waals surface area contributed by atoms with Crippen LogP contribution in [-0.2, 0) is 6.54 Å². The molecule has 130 valence electrons. The highest BCUT2D eigenvalue weighted by molar-refractivity contribution is 6.32. The number of amides is 1. The second-order valence-electron chi connectivity index (χ2n) is 5.34. The molecule has 0 unspecified atom stereocenters. The summed E-state index contributed by atoms with van der Waals surface area (Å²) < 4.78 is 10.8. The van der Waals surface area contributed by atoms with E-state index in [1.54, 1.807) is 19.2 Å². The number of benzene rings is 2. The van der Waals surface area contributed by atoms with Crippen molar-refractivity contribution in [3.05, 3.63) is 52.7 Å². The van der Waals surface area contributed by atoms with Gasteiger partial charge in [-0.05, 0) is 30.7 Å². The summed E-state index contributed by atoms with van der Waals surface area (Å²) in [5, 5.41) is 11.0. The molecule has 0 saturated carbocycles. The molecule has 0 aliphatic carbocycles. The Kier molecular flexibility index (Phi) is 5.09. The van der Waals surface area contributed by atoms with Gasteiger partial charge < -0.3 is 14.8 Å². The first kappa shape index (κ1) is 17.1. The SMILES string of the molecule is CCOc1c(Cl)cc(CNC(=O)c2n[nH]c3ccccc23)cc1OC. The summed E-state index contributed by atoms with van der Waals surface area (Å²) in [6.07, 6.45) is 0. The van der Waals surface area contributed by atoms with Crippen molar-refractivity contribution < 1.29 is 14.3 Å². The van der Waals surface area contributed by atoms with Gasteiger partial charge in [-0.2, -0.15) is 5.10 Å². The van der Waals surface area contributed by atoms with Gasteiger partial charge in [-0.15, -0.1) is 0 Å². The Morgan fingerprint density at radius 1 is 1.32 bits per heavy atom. The van der Waals surface area contributed by atoms with Crippen LogP contribution in [0.25, 0.3) is 10.9 Å². The summed E-state index contributed by atoms with van der Waals surface area (Å²) in [5.74, 6) is 0.769. The number of nitrogens with one attached hydrogen (secondary N) is 2. The smallest absolute Gasteiger partial charge is 0.272 e. The fourth-order valence-electron chi connectivity index (χ4n) is 2.56. The highest BCUT2D eigenvalue weighted by Gasteiger charge is 2.15. The molecule has 2 N–H and O–H groups in total. The zero-order chi connectivity index (χ0) is 17.8. The molecule has 7 heteroatoms. The van der Waals surface area contributed by atoms with Crippen LogP contribution in [0, 0.1) is 0 Å². The van der Waals surface area contributed by atoms with Gasteiger partial charge in [-0.3, -0.25) is 9.89 Å². The van der Waals surface area contributed by atoms with E-state index < -0.39 is 0 Å². The number of H-pyrrole nitrogens is 1. The Bertz CT molecular complexity index is 908. The number of rotatable bonds is 6. The van der Waals surface area contributed by atoms with Crippen molar-refractivity contribution in [3.63, 3.8) is 0 Å². The van der Waals surface area contributed by atoms with Crippen molar-refractivity contribution in [2.45, 2.75) is 13.5 Å². The average Bonchev–Trinajstić information content (AvgIpc) is 3.05. The Hall–Kier alpha value is -2.73. The monoisotopic (exact) mass is 359 g/mol. The third-order valence-electron chi connectivity index (χ3n) is 3.72. The van der Waals surface area contributed by atoms with Gasteiger partial charge in [0.1, 0.15) is 0 Å². The molecule has 3 aromatic rings. The zero-order valence-electron chi connectivity index (χ0n) is 13.9. The maximum atomic E-state index is 12.4. The predicted octanol–water partition coefficient (Wildman–Crippen LogP) is 3.55. The molecular weight excluding hydrogens is 342 g/mol. The summed E-state index contributed by atoms with van der Waals surface area (Å²) in [5.41, 5.74) is 1.98. The third-order valence-corrected chi connectivity index (χ3v) is 4.00. The lowest BCUT2D eigenvalue weighted by atomic mass is 10.1. The van der Waals surface area contributed by atoms with E-state index in [1.807, 2.05) is 31.2 Å². The fourth-order valence-corrected chi connectivity index (χ4v) is 2.85. The van der Waals surface area contributed by atoms with Crippen molar-refractivity contribution in [1.82, 2.24) is 15.5 Å². The number of methoxy groups -OCH3 is 1. The molecule has 0 spiro atoms. The fraction of sp³-hybridized carbons (Fsp3) is 0.222. The van der Waals surface area contributed by atoms with Gasteiger partial charge in [0.15, 0.2) is 17.2 Å².